The minimum absolute atomic E-state index is 0.326. The van der Waals surface area contributed by atoms with E-state index in [0.717, 1.165) is 5.75 Å². The summed E-state index contributed by atoms with van der Waals surface area (Å²) in [6.07, 6.45) is -0.701. The maximum absolute atomic E-state index is 12.0. The van der Waals surface area contributed by atoms with Crippen molar-refractivity contribution in [3.63, 3.8) is 0 Å². The van der Waals surface area contributed by atoms with Crippen LogP contribution in [0.3, 0.4) is 0 Å². The van der Waals surface area contributed by atoms with Gasteiger partial charge < -0.3 is 9.84 Å². The number of thioether (sulfide) groups is 1. The molecule has 1 aromatic carbocycles. The van der Waals surface area contributed by atoms with Crippen LogP contribution in [0.4, 0.5) is 0 Å². The molecule has 1 rings (SSSR count). The fraction of sp³-hybridized carbons (Fsp3) is 0.562. The molecular formula is C16H24O3S. The Balaban J connectivity index is 2.49. The zero-order valence-electron chi connectivity index (χ0n) is 12.6. The first kappa shape index (κ1) is 17.1. The zero-order valence-corrected chi connectivity index (χ0v) is 13.4. The predicted molar refractivity (Wildman–Crippen MR) is 83.6 cm³/mol. The van der Waals surface area contributed by atoms with Gasteiger partial charge in [-0.1, -0.05) is 30.3 Å². The van der Waals surface area contributed by atoms with Crippen LogP contribution in [-0.2, 0) is 15.3 Å². The first-order valence-corrected chi connectivity index (χ1v) is 7.97. The van der Waals surface area contributed by atoms with Crippen molar-refractivity contribution in [2.24, 2.45) is 5.92 Å². The number of aliphatic hydroxyl groups is 1. The smallest absolute Gasteiger partial charge is 0.312 e. The van der Waals surface area contributed by atoms with Crippen LogP contribution in [0, 0.1) is 5.92 Å². The van der Waals surface area contributed by atoms with Gasteiger partial charge in [0.1, 0.15) is 5.60 Å². The van der Waals surface area contributed by atoms with E-state index in [1.165, 1.54) is 5.56 Å². The summed E-state index contributed by atoms with van der Waals surface area (Å²) in [7, 11) is 0. The van der Waals surface area contributed by atoms with E-state index in [1.54, 1.807) is 18.7 Å². The molecule has 0 aliphatic rings. The molecule has 20 heavy (non-hydrogen) atoms. The lowest BCUT2D eigenvalue weighted by Gasteiger charge is -2.25. The maximum atomic E-state index is 12.0. The van der Waals surface area contributed by atoms with Crippen LogP contribution in [0.5, 0.6) is 0 Å². The minimum atomic E-state index is -0.701. The highest BCUT2D eigenvalue weighted by Gasteiger charge is 2.28. The molecule has 0 spiro atoms. The lowest BCUT2D eigenvalue weighted by molar-refractivity contribution is -0.162. The molecule has 0 saturated carbocycles. The SMILES string of the molecule is C[C@H](O)[C@@H](CSCc1ccccc1)C(=O)OC(C)(C)C. The number of ether oxygens (including phenoxy) is 1. The van der Waals surface area contributed by atoms with Crippen molar-refractivity contribution >= 4 is 17.7 Å². The molecule has 0 unspecified atom stereocenters. The van der Waals surface area contributed by atoms with Gasteiger partial charge in [-0.3, -0.25) is 4.79 Å². The Morgan fingerprint density at radius 2 is 1.90 bits per heavy atom. The van der Waals surface area contributed by atoms with E-state index in [1.807, 2.05) is 39.0 Å². The van der Waals surface area contributed by atoms with Crippen LogP contribution in [0.15, 0.2) is 30.3 Å². The third kappa shape index (κ3) is 6.44. The molecule has 0 aromatic heterocycles. The van der Waals surface area contributed by atoms with Crippen LogP contribution >= 0.6 is 11.8 Å². The zero-order chi connectivity index (χ0) is 15.2. The molecule has 2 atom stereocenters. The quantitative estimate of drug-likeness (QED) is 0.819. The van der Waals surface area contributed by atoms with Crippen LogP contribution < -0.4 is 0 Å². The van der Waals surface area contributed by atoms with Crippen molar-refractivity contribution < 1.29 is 14.6 Å². The summed E-state index contributed by atoms with van der Waals surface area (Å²) in [6.45, 7) is 7.14. The average molecular weight is 296 g/mol. The summed E-state index contributed by atoms with van der Waals surface area (Å²) in [5.41, 5.74) is 0.694. The molecule has 0 heterocycles. The predicted octanol–water partition coefficient (Wildman–Crippen LogP) is 3.26. The van der Waals surface area contributed by atoms with Gasteiger partial charge in [0.05, 0.1) is 12.0 Å². The van der Waals surface area contributed by atoms with Crippen LogP contribution in [0.25, 0.3) is 0 Å². The fourth-order valence-electron chi connectivity index (χ4n) is 1.66. The first-order valence-electron chi connectivity index (χ1n) is 6.82. The van der Waals surface area contributed by atoms with E-state index in [4.69, 9.17) is 4.74 Å². The first-order chi connectivity index (χ1) is 9.29. The van der Waals surface area contributed by atoms with E-state index in [2.05, 4.69) is 12.1 Å². The molecule has 0 aliphatic carbocycles. The summed E-state index contributed by atoms with van der Waals surface area (Å²) in [5, 5.41) is 9.76. The summed E-state index contributed by atoms with van der Waals surface area (Å²) in [5.74, 6) is 0.574. The molecule has 1 N–H and O–H groups in total. The Morgan fingerprint density at radius 1 is 1.30 bits per heavy atom. The van der Waals surface area contributed by atoms with Gasteiger partial charge in [-0.05, 0) is 33.3 Å². The Hall–Kier alpha value is -1.00. The molecule has 3 nitrogen and oxygen atoms in total. The second-order valence-corrected chi connectivity index (χ2v) is 6.91. The van der Waals surface area contributed by atoms with Crippen molar-refractivity contribution in [1.29, 1.82) is 0 Å². The van der Waals surface area contributed by atoms with E-state index in [0.29, 0.717) is 5.75 Å². The lowest BCUT2D eigenvalue weighted by atomic mass is 10.1. The maximum Gasteiger partial charge on any atom is 0.312 e. The Labute approximate surface area is 125 Å². The second kappa shape index (κ2) is 7.70. The molecule has 1 aromatic rings. The molecule has 0 bridgehead atoms. The van der Waals surface area contributed by atoms with Gasteiger partial charge in [0.2, 0.25) is 0 Å². The normalized spacial score (nSPS) is 14.7. The third-order valence-electron chi connectivity index (χ3n) is 2.70. The molecule has 4 heteroatoms. The van der Waals surface area contributed by atoms with Crippen molar-refractivity contribution in [3.05, 3.63) is 35.9 Å². The molecule has 0 aliphatic heterocycles. The van der Waals surface area contributed by atoms with Gasteiger partial charge in [-0.2, -0.15) is 11.8 Å². The van der Waals surface area contributed by atoms with Gasteiger partial charge in [-0.25, -0.2) is 0 Å². The van der Waals surface area contributed by atoms with E-state index in [-0.39, 0.29) is 5.97 Å². The van der Waals surface area contributed by atoms with Crippen LogP contribution in [0.2, 0.25) is 0 Å². The van der Waals surface area contributed by atoms with Gasteiger partial charge in [0, 0.05) is 11.5 Å². The summed E-state index contributed by atoms with van der Waals surface area (Å²) >= 11 is 1.64. The topological polar surface area (TPSA) is 46.5 Å². The molecule has 112 valence electrons. The number of carbonyl (C=O) groups is 1. The molecule has 0 fully saturated rings. The van der Waals surface area contributed by atoms with Crippen molar-refractivity contribution in [2.75, 3.05) is 5.75 Å². The molecule has 0 amide bonds. The average Bonchev–Trinajstić information content (AvgIpc) is 2.33. The van der Waals surface area contributed by atoms with Crippen molar-refractivity contribution in [1.82, 2.24) is 0 Å². The van der Waals surface area contributed by atoms with E-state index in [9.17, 15) is 9.90 Å². The number of hydrogen-bond acceptors (Lipinski definition) is 4. The van der Waals surface area contributed by atoms with Gasteiger partial charge in [-0.15, -0.1) is 0 Å². The highest BCUT2D eigenvalue weighted by atomic mass is 32.2. The van der Waals surface area contributed by atoms with Gasteiger partial charge in [0.25, 0.3) is 0 Å². The Kier molecular flexibility index (Phi) is 6.56. The highest BCUT2D eigenvalue weighted by Crippen LogP contribution is 2.21. The molecule has 0 saturated heterocycles. The third-order valence-corrected chi connectivity index (χ3v) is 3.83. The van der Waals surface area contributed by atoms with E-state index >= 15 is 0 Å². The fourth-order valence-corrected chi connectivity index (χ4v) is 2.87. The van der Waals surface area contributed by atoms with E-state index < -0.39 is 17.6 Å². The van der Waals surface area contributed by atoms with Crippen molar-refractivity contribution in [3.8, 4) is 0 Å². The summed E-state index contributed by atoms with van der Waals surface area (Å²) in [4.78, 5) is 12.0. The van der Waals surface area contributed by atoms with Crippen molar-refractivity contribution in [2.45, 2.75) is 45.2 Å². The largest absolute Gasteiger partial charge is 0.460 e. The summed E-state index contributed by atoms with van der Waals surface area (Å²) < 4.78 is 5.35. The lowest BCUT2D eigenvalue weighted by Crippen LogP contribution is -2.35. The second-order valence-electron chi connectivity index (χ2n) is 5.88. The van der Waals surface area contributed by atoms with Gasteiger partial charge >= 0.3 is 5.97 Å². The number of hydrogen-bond donors (Lipinski definition) is 1. The summed E-state index contributed by atoms with van der Waals surface area (Å²) in [6, 6.07) is 10.1. The number of rotatable bonds is 6. The number of carbonyl (C=O) groups excluding carboxylic acids is 1. The Bertz CT molecular complexity index is 409. The van der Waals surface area contributed by atoms with Crippen LogP contribution in [0.1, 0.15) is 33.3 Å². The standard InChI is InChI=1S/C16H24O3S/c1-12(17)14(15(18)19-16(2,3)4)11-20-10-13-8-6-5-7-9-13/h5-9,12,14,17H,10-11H2,1-4H3/t12-,14+/m0/s1. The number of aliphatic hydroxyl groups excluding tert-OH is 1. The minimum Gasteiger partial charge on any atom is -0.460 e. The highest BCUT2D eigenvalue weighted by molar-refractivity contribution is 7.98. The monoisotopic (exact) mass is 296 g/mol. The molecular weight excluding hydrogens is 272 g/mol. The number of esters is 1. The van der Waals surface area contributed by atoms with Gasteiger partial charge in [0.15, 0.2) is 0 Å². The number of benzene rings is 1. The Morgan fingerprint density at radius 3 is 2.40 bits per heavy atom. The van der Waals surface area contributed by atoms with Crippen LogP contribution in [-0.4, -0.2) is 28.5 Å². The molecule has 0 radical (unpaired) electrons.